The average Bonchev–Trinajstić information content (AvgIpc) is 3.31. The number of carbonyl (C=O) groups is 1. The van der Waals surface area contributed by atoms with Crippen molar-refractivity contribution in [1.82, 2.24) is 15.2 Å². The lowest BCUT2D eigenvalue weighted by Gasteiger charge is -2.15. The van der Waals surface area contributed by atoms with Gasteiger partial charge in [0.25, 0.3) is 0 Å². The maximum atomic E-state index is 11.8. The van der Waals surface area contributed by atoms with Crippen LogP contribution in [0.1, 0.15) is 24.2 Å². The van der Waals surface area contributed by atoms with Crippen molar-refractivity contribution in [1.29, 1.82) is 0 Å². The van der Waals surface area contributed by atoms with Crippen LogP contribution in [-0.4, -0.2) is 34.7 Å². The highest BCUT2D eigenvalue weighted by atomic mass is 16.5. The van der Waals surface area contributed by atoms with E-state index in [4.69, 9.17) is 4.74 Å². The number of hydrogen-bond donors (Lipinski definition) is 1. The van der Waals surface area contributed by atoms with Crippen LogP contribution < -0.4 is 9.64 Å². The van der Waals surface area contributed by atoms with Gasteiger partial charge in [0.15, 0.2) is 5.82 Å². The first-order chi connectivity index (χ1) is 12.7. The van der Waals surface area contributed by atoms with E-state index >= 15 is 0 Å². The Labute approximate surface area is 151 Å². The number of ether oxygens (including phenoxy) is 1. The van der Waals surface area contributed by atoms with Gasteiger partial charge in [-0.3, -0.25) is 9.89 Å². The van der Waals surface area contributed by atoms with E-state index in [1.54, 1.807) is 7.11 Å². The first-order valence-electron chi connectivity index (χ1n) is 8.68. The number of benzene rings is 2. The summed E-state index contributed by atoms with van der Waals surface area (Å²) in [5.41, 5.74) is 2.91. The number of rotatable bonds is 5. The second-order valence-corrected chi connectivity index (χ2v) is 6.29. The number of aromatic amines is 1. The summed E-state index contributed by atoms with van der Waals surface area (Å²) in [6, 6.07) is 15.7. The standard InChI is InChI=1S/C20H20N4O2/c1-26-17-6-3-2-5-15(17)13-18-21-20(23-22-18)14-8-10-16(11-9-14)24-12-4-7-19(24)25/h2-3,5-6,8-11H,4,7,12-13H2,1H3,(H,21,22,23). The van der Waals surface area contributed by atoms with Gasteiger partial charge in [0.05, 0.1) is 7.11 Å². The Hall–Kier alpha value is -3.15. The summed E-state index contributed by atoms with van der Waals surface area (Å²) in [4.78, 5) is 18.3. The topological polar surface area (TPSA) is 71.1 Å². The molecule has 1 fully saturated rings. The molecule has 1 amide bonds. The monoisotopic (exact) mass is 348 g/mol. The molecule has 6 nitrogen and oxygen atoms in total. The molecule has 0 saturated carbocycles. The van der Waals surface area contributed by atoms with Crippen LogP contribution in [0.2, 0.25) is 0 Å². The molecule has 1 saturated heterocycles. The number of methoxy groups -OCH3 is 1. The smallest absolute Gasteiger partial charge is 0.227 e. The number of para-hydroxylation sites is 1. The van der Waals surface area contributed by atoms with Crippen molar-refractivity contribution in [2.24, 2.45) is 0 Å². The van der Waals surface area contributed by atoms with Gasteiger partial charge in [0.1, 0.15) is 11.6 Å². The van der Waals surface area contributed by atoms with Crippen molar-refractivity contribution >= 4 is 11.6 Å². The third-order valence-corrected chi connectivity index (χ3v) is 4.59. The zero-order valence-corrected chi connectivity index (χ0v) is 14.6. The van der Waals surface area contributed by atoms with E-state index in [1.807, 2.05) is 53.4 Å². The Kier molecular flexibility index (Phi) is 4.39. The average molecular weight is 348 g/mol. The first-order valence-corrected chi connectivity index (χ1v) is 8.68. The summed E-state index contributed by atoms with van der Waals surface area (Å²) in [5.74, 6) is 2.46. The number of nitrogens with one attached hydrogen (secondary N) is 1. The van der Waals surface area contributed by atoms with E-state index in [1.165, 1.54) is 0 Å². The summed E-state index contributed by atoms with van der Waals surface area (Å²) in [5, 5.41) is 7.32. The molecule has 6 heteroatoms. The minimum absolute atomic E-state index is 0.190. The van der Waals surface area contributed by atoms with Crippen molar-refractivity contribution in [2.75, 3.05) is 18.6 Å². The van der Waals surface area contributed by atoms with Gasteiger partial charge in [-0.1, -0.05) is 18.2 Å². The number of anilines is 1. The summed E-state index contributed by atoms with van der Waals surface area (Å²) in [7, 11) is 1.66. The normalized spacial score (nSPS) is 14.0. The molecule has 0 unspecified atom stereocenters. The molecule has 2 aromatic carbocycles. The second-order valence-electron chi connectivity index (χ2n) is 6.29. The molecule has 0 aliphatic carbocycles. The Bertz CT molecular complexity index is 918. The molecular formula is C20H20N4O2. The molecule has 3 aromatic rings. The number of aromatic nitrogens is 3. The first kappa shape index (κ1) is 16.3. The van der Waals surface area contributed by atoms with Crippen LogP contribution >= 0.6 is 0 Å². The number of hydrogen-bond acceptors (Lipinski definition) is 4. The van der Waals surface area contributed by atoms with Gasteiger partial charge in [-0.15, -0.1) is 0 Å². The van der Waals surface area contributed by atoms with E-state index in [2.05, 4.69) is 15.2 Å². The maximum absolute atomic E-state index is 11.8. The fourth-order valence-corrected chi connectivity index (χ4v) is 3.24. The number of H-pyrrole nitrogens is 1. The highest BCUT2D eigenvalue weighted by Gasteiger charge is 2.21. The van der Waals surface area contributed by atoms with E-state index in [0.717, 1.165) is 41.4 Å². The predicted octanol–water partition coefficient (Wildman–Crippen LogP) is 3.20. The Morgan fingerprint density at radius 2 is 1.96 bits per heavy atom. The van der Waals surface area contributed by atoms with Crippen molar-refractivity contribution in [3.8, 4) is 17.1 Å². The van der Waals surface area contributed by atoms with Crippen LogP contribution in [0, 0.1) is 0 Å². The molecule has 1 aliphatic rings. The maximum Gasteiger partial charge on any atom is 0.227 e. The summed E-state index contributed by atoms with van der Waals surface area (Å²) in [6.07, 6.45) is 2.18. The van der Waals surface area contributed by atoms with Crippen molar-refractivity contribution in [2.45, 2.75) is 19.3 Å². The highest BCUT2D eigenvalue weighted by Crippen LogP contribution is 2.25. The lowest BCUT2D eigenvalue weighted by molar-refractivity contribution is -0.117. The molecule has 0 radical (unpaired) electrons. The predicted molar refractivity (Wildman–Crippen MR) is 99.2 cm³/mol. The Balaban J connectivity index is 1.51. The van der Waals surface area contributed by atoms with Crippen LogP contribution in [0.3, 0.4) is 0 Å². The van der Waals surface area contributed by atoms with Crippen molar-refractivity contribution in [3.05, 3.63) is 59.9 Å². The summed E-state index contributed by atoms with van der Waals surface area (Å²) in [6.45, 7) is 0.794. The molecule has 0 atom stereocenters. The molecular weight excluding hydrogens is 328 g/mol. The van der Waals surface area contributed by atoms with Gasteiger partial charge < -0.3 is 9.64 Å². The van der Waals surface area contributed by atoms with E-state index in [9.17, 15) is 4.79 Å². The van der Waals surface area contributed by atoms with Gasteiger partial charge in [-0.05, 0) is 36.8 Å². The van der Waals surface area contributed by atoms with Gasteiger partial charge in [0, 0.05) is 36.2 Å². The van der Waals surface area contributed by atoms with Crippen LogP contribution in [-0.2, 0) is 11.2 Å². The molecule has 0 bridgehead atoms. The second kappa shape index (κ2) is 7.00. The third kappa shape index (κ3) is 3.18. The van der Waals surface area contributed by atoms with Gasteiger partial charge in [-0.2, -0.15) is 5.10 Å². The summed E-state index contributed by atoms with van der Waals surface area (Å²) >= 11 is 0. The molecule has 2 heterocycles. The molecule has 1 aliphatic heterocycles. The van der Waals surface area contributed by atoms with Crippen LogP contribution in [0.4, 0.5) is 5.69 Å². The lowest BCUT2D eigenvalue weighted by atomic mass is 10.1. The summed E-state index contributed by atoms with van der Waals surface area (Å²) < 4.78 is 5.39. The lowest BCUT2D eigenvalue weighted by Crippen LogP contribution is -2.23. The van der Waals surface area contributed by atoms with Crippen molar-refractivity contribution < 1.29 is 9.53 Å². The highest BCUT2D eigenvalue weighted by molar-refractivity contribution is 5.95. The minimum atomic E-state index is 0.190. The fraction of sp³-hybridized carbons (Fsp3) is 0.250. The van der Waals surface area contributed by atoms with Gasteiger partial charge in [0.2, 0.25) is 5.91 Å². The number of carbonyl (C=O) groups excluding carboxylic acids is 1. The minimum Gasteiger partial charge on any atom is -0.496 e. The third-order valence-electron chi connectivity index (χ3n) is 4.59. The van der Waals surface area contributed by atoms with E-state index in [0.29, 0.717) is 18.7 Å². The Morgan fingerprint density at radius 3 is 2.69 bits per heavy atom. The largest absolute Gasteiger partial charge is 0.496 e. The number of nitrogens with zero attached hydrogens (tertiary/aromatic N) is 3. The Morgan fingerprint density at radius 1 is 1.15 bits per heavy atom. The van der Waals surface area contributed by atoms with Crippen molar-refractivity contribution in [3.63, 3.8) is 0 Å². The molecule has 1 N–H and O–H groups in total. The zero-order valence-electron chi connectivity index (χ0n) is 14.6. The number of amides is 1. The van der Waals surface area contributed by atoms with Crippen LogP contribution in [0.15, 0.2) is 48.5 Å². The molecule has 4 rings (SSSR count). The van der Waals surface area contributed by atoms with Gasteiger partial charge in [-0.25, -0.2) is 4.98 Å². The fourth-order valence-electron chi connectivity index (χ4n) is 3.24. The molecule has 0 spiro atoms. The van der Waals surface area contributed by atoms with E-state index in [-0.39, 0.29) is 5.91 Å². The van der Waals surface area contributed by atoms with Crippen LogP contribution in [0.5, 0.6) is 5.75 Å². The molecule has 1 aromatic heterocycles. The zero-order chi connectivity index (χ0) is 17.9. The quantitative estimate of drug-likeness (QED) is 0.769. The van der Waals surface area contributed by atoms with E-state index < -0.39 is 0 Å². The SMILES string of the molecule is COc1ccccc1Cc1nc(-c2ccc(N3CCCC3=O)cc2)n[nH]1. The molecule has 26 heavy (non-hydrogen) atoms. The van der Waals surface area contributed by atoms with Gasteiger partial charge >= 0.3 is 0 Å². The van der Waals surface area contributed by atoms with Crippen LogP contribution in [0.25, 0.3) is 11.4 Å². The molecule has 132 valence electrons.